The largest absolute Gasteiger partial charge is 0.375 e. The normalized spacial score (nSPS) is 16.1. The molecule has 104 valence electrons. The van der Waals surface area contributed by atoms with Crippen LogP contribution in [-0.2, 0) is 0 Å². The van der Waals surface area contributed by atoms with E-state index in [2.05, 4.69) is 10.3 Å². The highest BCUT2D eigenvalue weighted by molar-refractivity contribution is 5.94. The number of nitro groups is 1. The summed E-state index contributed by atoms with van der Waals surface area (Å²) in [4.78, 5) is 15.2. The highest BCUT2D eigenvalue weighted by Gasteiger charge is 2.31. The van der Waals surface area contributed by atoms with Crippen molar-refractivity contribution in [1.29, 1.82) is 0 Å². The van der Waals surface area contributed by atoms with Crippen LogP contribution in [0.2, 0.25) is 0 Å². The first-order valence-corrected chi connectivity index (χ1v) is 6.69. The van der Waals surface area contributed by atoms with Gasteiger partial charge in [-0.25, -0.2) is 0 Å². The Morgan fingerprint density at radius 2 is 2.25 bits per heavy atom. The average Bonchev–Trinajstić information content (AvgIpc) is 3.28. The number of nitro benzene ring substituents is 1. The van der Waals surface area contributed by atoms with Crippen LogP contribution >= 0.6 is 0 Å². The van der Waals surface area contributed by atoms with Gasteiger partial charge < -0.3 is 11.1 Å². The molecule has 1 aromatic carbocycles. The van der Waals surface area contributed by atoms with Gasteiger partial charge in [-0.15, -0.1) is 0 Å². The minimum absolute atomic E-state index is 0.0784. The Bertz CT molecular complexity index is 655. The first kappa shape index (κ1) is 12.8. The molecular formula is C14H16N4O2. The maximum Gasteiger partial charge on any atom is 0.301 e. The second kappa shape index (κ2) is 5.05. The average molecular weight is 272 g/mol. The zero-order chi connectivity index (χ0) is 14.1. The molecule has 0 spiro atoms. The summed E-state index contributed by atoms with van der Waals surface area (Å²) < 4.78 is 0. The number of hydrogen-bond acceptors (Lipinski definition) is 5. The van der Waals surface area contributed by atoms with Crippen molar-refractivity contribution in [1.82, 2.24) is 4.98 Å². The molecular weight excluding hydrogens is 256 g/mol. The Labute approximate surface area is 116 Å². The van der Waals surface area contributed by atoms with Crippen molar-refractivity contribution < 1.29 is 4.92 Å². The van der Waals surface area contributed by atoms with Crippen LogP contribution in [0.4, 0.5) is 11.4 Å². The Kier molecular flexibility index (Phi) is 3.23. The van der Waals surface area contributed by atoms with E-state index >= 15 is 0 Å². The Hall–Kier alpha value is -2.21. The number of pyridine rings is 1. The van der Waals surface area contributed by atoms with Gasteiger partial charge in [-0.3, -0.25) is 15.1 Å². The van der Waals surface area contributed by atoms with Crippen molar-refractivity contribution in [2.24, 2.45) is 11.7 Å². The summed E-state index contributed by atoms with van der Waals surface area (Å²) >= 11 is 0. The minimum atomic E-state index is -0.354. The van der Waals surface area contributed by atoms with Crippen LogP contribution in [-0.4, -0.2) is 22.5 Å². The van der Waals surface area contributed by atoms with Gasteiger partial charge in [-0.05, 0) is 43.0 Å². The van der Waals surface area contributed by atoms with Gasteiger partial charge in [0.25, 0.3) is 0 Å². The van der Waals surface area contributed by atoms with Gasteiger partial charge in [-0.1, -0.05) is 0 Å². The molecule has 3 rings (SSSR count). The molecule has 0 aliphatic heterocycles. The lowest BCUT2D eigenvalue weighted by molar-refractivity contribution is -0.382. The molecule has 20 heavy (non-hydrogen) atoms. The second-order valence-corrected chi connectivity index (χ2v) is 5.11. The van der Waals surface area contributed by atoms with Crippen molar-refractivity contribution in [3.8, 4) is 0 Å². The van der Waals surface area contributed by atoms with E-state index in [0.717, 1.165) is 12.8 Å². The van der Waals surface area contributed by atoms with Gasteiger partial charge in [0.15, 0.2) is 0 Å². The third kappa shape index (κ3) is 2.30. The summed E-state index contributed by atoms with van der Waals surface area (Å²) in [6, 6.07) is 7.05. The van der Waals surface area contributed by atoms with E-state index in [4.69, 9.17) is 5.73 Å². The minimum Gasteiger partial charge on any atom is -0.375 e. The first-order chi connectivity index (χ1) is 9.70. The Balaban J connectivity index is 2.05. The Morgan fingerprint density at radius 3 is 2.90 bits per heavy atom. The third-order valence-corrected chi connectivity index (χ3v) is 3.73. The van der Waals surface area contributed by atoms with E-state index in [1.54, 1.807) is 30.5 Å². The van der Waals surface area contributed by atoms with Gasteiger partial charge in [0, 0.05) is 18.8 Å². The molecule has 1 aliphatic carbocycles. The quantitative estimate of drug-likeness (QED) is 0.643. The van der Waals surface area contributed by atoms with E-state index in [1.807, 2.05) is 0 Å². The predicted molar refractivity (Wildman–Crippen MR) is 77.6 cm³/mol. The van der Waals surface area contributed by atoms with Gasteiger partial charge in [0.05, 0.1) is 15.8 Å². The van der Waals surface area contributed by atoms with Crippen molar-refractivity contribution in [3.63, 3.8) is 0 Å². The summed E-state index contributed by atoms with van der Waals surface area (Å²) in [5.41, 5.74) is 6.99. The number of rotatable bonds is 5. The third-order valence-electron chi connectivity index (χ3n) is 3.73. The molecule has 0 bridgehead atoms. The molecule has 1 unspecified atom stereocenters. The molecule has 1 heterocycles. The molecule has 1 atom stereocenters. The molecule has 6 heteroatoms. The smallest absolute Gasteiger partial charge is 0.301 e. The lowest BCUT2D eigenvalue weighted by Gasteiger charge is -2.17. The molecule has 1 aliphatic rings. The van der Waals surface area contributed by atoms with Crippen molar-refractivity contribution >= 4 is 22.3 Å². The van der Waals surface area contributed by atoms with Crippen LogP contribution in [0.3, 0.4) is 0 Å². The zero-order valence-corrected chi connectivity index (χ0v) is 11.0. The zero-order valence-electron chi connectivity index (χ0n) is 11.0. The molecule has 2 aromatic rings. The van der Waals surface area contributed by atoms with Gasteiger partial charge in [-0.2, -0.15) is 0 Å². The predicted octanol–water partition coefficient (Wildman–Crippen LogP) is 2.29. The number of nitrogens with two attached hydrogens (primary N) is 1. The van der Waals surface area contributed by atoms with Gasteiger partial charge in [0.1, 0.15) is 5.69 Å². The number of fused-ring (bicyclic) bond motifs is 1. The fourth-order valence-corrected chi connectivity index (χ4v) is 2.52. The van der Waals surface area contributed by atoms with E-state index < -0.39 is 0 Å². The number of aromatic nitrogens is 1. The second-order valence-electron chi connectivity index (χ2n) is 5.11. The monoisotopic (exact) mass is 272 g/mol. The van der Waals surface area contributed by atoms with Crippen LogP contribution in [0.15, 0.2) is 30.5 Å². The van der Waals surface area contributed by atoms with Crippen molar-refractivity contribution in [3.05, 3.63) is 40.6 Å². The van der Waals surface area contributed by atoms with E-state index in [9.17, 15) is 10.1 Å². The van der Waals surface area contributed by atoms with Crippen LogP contribution in [0.25, 0.3) is 10.9 Å². The van der Waals surface area contributed by atoms with E-state index in [0.29, 0.717) is 29.1 Å². The van der Waals surface area contributed by atoms with Crippen molar-refractivity contribution in [2.45, 2.75) is 18.9 Å². The molecule has 1 saturated carbocycles. The molecule has 0 amide bonds. The first-order valence-electron chi connectivity index (χ1n) is 6.69. The van der Waals surface area contributed by atoms with Crippen LogP contribution in [0, 0.1) is 16.0 Å². The fraction of sp³-hybridized carbons (Fsp3) is 0.357. The maximum atomic E-state index is 11.4. The van der Waals surface area contributed by atoms with Crippen LogP contribution in [0.5, 0.6) is 0 Å². The summed E-state index contributed by atoms with van der Waals surface area (Å²) in [7, 11) is 0. The number of anilines is 1. The highest BCUT2D eigenvalue weighted by Crippen LogP contribution is 2.37. The van der Waals surface area contributed by atoms with E-state index in [1.165, 1.54) is 0 Å². The number of nitrogens with one attached hydrogen (secondary N) is 1. The van der Waals surface area contributed by atoms with Crippen molar-refractivity contribution in [2.75, 3.05) is 11.9 Å². The standard InChI is InChI=1S/C14H16N4O2/c15-8-13(9-3-4-9)17-12-6-5-11-10(2-1-7-16-11)14(12)18(19)20/h1-2,5-7,9,13,17H,3-4,8,15H2. The summed E-state index contributed by atoms with van der Waals surface area (Å²) in [5.74, 6) is 0.532. The Morgan fingerprint density at radius 1 is 1.45 bits per heavy atom. The van der Waals surface area contributed by atoms with Gasteiger partial charge >= 0.3 is 5.69 Å². The lowest BCUT2D eigenvalue weighted by Crippen LogP contribution is -2.31. The van der Waals surface area contributed by atoms with Gasteiger partial charge in [0.2, 0.25) is 0 Å². The molecule has 1 fully saturated rings. The summed E-state index contributed by atoms with van der Waals surface area (Å²) in [6.45, 7) is 0.479. The topological polar surface area (TPSA) is 94.1 Å². The number of hydrogen-bond donors (Lipinski definition) is 2. The SMILES string of the molecule is NCC(Nc1ccc2ncccc2c1[N+](=O)[O-])C1CC1. The number of nitrogens with zero attached hydrogens (tertiary/aromatic N) is 2. The maximum absolute atomic E-state index is 11.4. The summed E-state index contributed by atoms with van der Waals surface area (Å²) in [6.07, 6.45) is 3.90. The number of benzene rings is 1. The molecule has 3 N–H and O–H groups in total. The molecule has 0 saturated heterocycles. The molecule has 6 nitrogen and oxygen atoms in total. The molecule has 1 aromatic heterocycles. The van der Waals surface area contributed by atoms with E-state index in [-0.39, 0.29) is 16.7 Å². The fourth-order valence-electron chi connectivity index (χ4n) is 2.52. The molecule has 0 radical (unpaired) electrons. The highest BCUT2D eigenvalue weighted by atomic mass is 16.6. The summed E-state index contributed by atoms with van der Waals surface area (Å²) in [5, 5.41) is 15.2. The van der Waals surface area contributed by atoms with Crippen LogP contribution < -0.4 is 11.1 Å². The van der Waals surface area contributed by atoms with Crippen LogP contribution in [0.1, 0.15) is 12.8 Å². The lowest BCUT2D eigenvalue weighted by atomic mass is 10.1.